The summed E-state index contributed by atoms with van der Waals surface area (Å²) in [6.07, 6.45) is -2.42. The third-order valence-corrected chi connectivity index (χ3v) is 3.12. The number of anilines is 1. The van der Waals surface area contributed by atoms with Crippen molar-refractivity contribution < 1.29 is 22.8 Å². The highest BCUT2D eigenvalue weighted by Crippen LogP contribution is 2.37. The topological polar surface area (TPSA) is 64.4 Å². The molecule has 1 N–H and O–H groups in total. The lowest BCUT2D eigenvalue weighted by molar-refractivity contribution is -0.388. The van der Waals surface area contributed by atoms with Crippen molar-refractivity contribution in [1.82, 2.24) is 0 Å². The van der Waals surface area contributed by atoms with E-state index in [2.05, 4.69) is 5.32 Å². The van der Waals surface area contributed by atoms with Crippen LogP contribution in [0.5, 0.6) is 0 Å². The molecule has 0 unspecified atom stereocenters. The number of nitro benzene ring substituents is 1. The summed E-state index contributed by atoms with van der Waals surface area (Å²) in [5.74, 6) is 0.626. The van der Waals surface area contributed by atoms with E-state index in [0.717, 1.165) is 12.1 Å². The third-order valence-electron chi connectivity index (χ3n) is 3.12. The molecule has 0 radical (unpaired) electrons. The summed E-state index contributed by atoms with van der Waals surface area (Å²) < 4.78 is 43.7. The number of hydrogen-bond acceptors (Lipinski definition) is 4. The first-order valence-electron chi connectivity index (χ1n) is 6.55. The van der Waals surface area contributed by atoms with Crippen molar-refractivity contribution in [2.75, 3.05) is 25.1 Å². The number of hydrogen-bond donors (Lipinski definition) is 1. The fourth-order valence-corrected chi connectivity index (χ4v) is 1.83. The molecule has 1 aliphatic carbocycles. The Kier molecular flexibility index (Phi) is 4.66. The Labute approximate surface area is 119 Å². The molecule has 1 aliphatic rings. The van der Waals surface area contributed by atoms with Gasteiger partial charge in [0.1, 0.15) is 5.56 Å². The van der Waals surface area contributed by atoms with Crippen LogP contribution in [0.25, 0.3) is 0 Å². The first-order chi connectivity index (χ1) is 9.88. The Bertz CT molecular complexity index is 516. The van der Waals surface area contributed by atoms with E-state index in [1.165, 1.54) is 18.9 Å². The van der Waals surface area contributed by atoms with Crippen LogP contribution in [0.4, 0.5) is 24.5 Å². The molecule has 0 spiro atoms. The third kappa shape index (κ3) is 4.59. The van der Waals surface area contributed by atoms with E-state index in [1.807, 2.05) is 0 Å². The molecule has 1 saturated carbocycles. The molecule has 5 nitrogen and oxygen atoms in total. The van der Waals surface area contributed by atoms with Gasteiger partial charge in [0, 0.05) is 24.9 Å². The van der Waals surface area contributed by atoms with Crippen LogP contribution in [0.3, 0.4) is 0 Å². The minimum Gasteiger partial charge on any atom is -0.383 e. The SMILES string of the molecule is O=[N+]([O-])c1ccc(NCCOCC2CC2)cc1C(F)(F)F. The highest BCUT2D eigenvalue weighted by atomic mass is 19.4. The predicted octanol–water partition coefficient (Wildman–Crippen LogP) is 3.45. The van der Waals surface area contributed by atoms with E-state index in [0.29, 0.717) is 25.7 Å². The van der Waals surface area contributed by atoms with Gasteiger partial charge in [-0.2, -0.15) is 13.2 Å². The van der Waals surface area contributed by atoms with Gasteiger partial charge in [0.05, 0.1) is 11.5 Å². The second-order valence-electron chi connectivity index (χ2n) is 4.93. The van der Waals surface area contributed by atoms with Crippen LogP contribution in [0.15, 0.2) is 18.2 Å². The average molecular weight is 304 g/mol. The number of nitro groups is 1. The lowest BCUT2D eigenvalue weighted by atomic mass is 10.1. The molecule has 0 aromatic heterocycles. The van der Waals surface area contributed by atoms with Crippen LogP contribution < -0.4 is 5.32 Å². The van der Waals surface area contributed by atoms with Crippen molar-refractivity contribution in [1.29, 1.82) is 0 Å². The van der Waals surface area contributed by atoms with Crippen molar-refractivity contribution in [2.24, 2.45) is 5.92 Å². The van der Waals surface area contributed by atoms with Crippen molar-refractivity contribution in [3.05, 3.63) is 33.9 Å². The summed E-state index contributed by atoms with van der Waals surface area (Å²) in [5, 5.41) is 13.4. The number of benzene rings is 1. The van der Waals surface area contributed by atoms with E-state index >= 15 is 0 Å². The summed E-state index contributed by atoms with van der Waals surface area (Å²) in [6, 6.07) is 2.86. The second-order valence-corrected chi connectivity index (χ2v) is 4.93. The maximum absolute atomic E-state index is 12.8. The lowest BCUT2D eigenvalue weighted by Crippen LogP contribution is -2.13. The Morgan fingerprint density at radius 2 is 2.10 bits per heavy atom. The quantitative estimate of drug-likeness (QED) is 0.476. The van der Waals surface area contributed by atoms with Crippen LogP contribution in [-0.4, -0.2) is 24.7 Å². The normalized spacial score (nSPS) is 15.0. The highest BCUT2D eigenvalue weighted by Gasteiger charge is 2.38. The fraction of sp³-hybridized carbons (Fsp3) is 0.538. The molecule has 1 aromatic carbocycles. The van der Waals surface area contributed by atoms with Gasteiger partial charge in [0.15, 0.2) is 0 Å². The Balaban J connectivity index is 1.94. The highest BCUT2D eigenvalue weighted by molar-refractivity contribution is 5.55. The van der Waals surface area contributed by atoms with Crippen molar-refractivity contribution in [2.45, 2.75) is 19.0 Å². The second kappa shape index (κ2) is 6.30. The number of ether oxygens (including phenoxy) is 1. The molecular formula is C13H15F3N2O3. The van der Waals surface area contributed by atoms with Gasteiger partial charge in [0.25, 0.3) is 5.69 Å². The van der Waals surface area contributed by atoms with E-state index in [-0.39, 0.29) is 5.69 Å². The van der Waals surface area contributed by atoms with Gasteiger partial charge < -0.3 is 10.1 Å². The zero-order chi connectivity index (χ0) is 15.5. The van der Waals surface area contributed by atoms with E-state index < -0.39 is 22.4 Å². The standard InChI is InChI=1S/C13H15F3N2O3/c14-13(15,16)11-7-10(3-4-12(11)18(19)20)17-5-6-21-8-9-1-2-9/h3-4,7,9,17H,1-2,5-6,8H2. The van der Waals surface area contributed by atoms with Crippen molar-refractivity contribution >= 4 is 11.4 Å². The summed E-state index contributed by atoms with van der Waals surface area (Å²) in [6.45, 7) is 1.41. The maximum Gasteiger partial charge on any atom is 0.423 e. The monoisotopic (exact) mass is 304 g/mol. The first kappa shape index (κ1) is 15.6. The summed E-state index contributed by atoms with van der Waals surface area (Å²) in [5.41, 5.74) is -2.02. The predicted molar refractivity (Wildman–Crippen MR) is 70.1 cm³/mol. The average Bonchev–Trinajstić information content (AvgIpc) is 3.21. The molecule has 116 valence electrons. The Morgan fingerprint density at radius 1 is 1.38 bits per heavy atom. The number of halogens is 3. The zero-order valence-electron chi connectivity index (χ0n) is 11.2. The van der Waals surface area contributed by atoms with Gasteiger partial charge in [-0.05, 0) is 30.9 Å². The molecule has 1 aromatic rings. The fourth-order valence-electron chi connectivity index (χ4n) is 1.83. The number of rotatable bonds is 7. The van der Waals surface area contributed by atoms with E-state index in [1.54, 1.807) is 0 Å². The molecule has 0 heterocycles. The minimum atomic E-state index is -4.76. The zero-order valence-corrected chi connectivity index (χ0v) is 11.2. The van der Waals surface area contributed by atoms with Crippen LogP contribution in [0.1, 0.15) is 18.4 Å². The molecule has 0 saturated heterocycles. The largest absolute Gasteiger partial charge is 0.423 e. The van der Waals surface area contributed by atoms with Gasteiger partial charge in [-0.15, -0.1) is 0 Å². The molecule has 8 heteroatoms. The van der Waals surface area contributed by atoms with Crippen LogP contribution >= 0.6 is 0 Å². The van der Waals surface area contributed by atoms with E-state index in [4.69, 9.17) is 4.74 Å². The maximum atomic E-state index is 12.8. The molecular weight excluding hydrogens is 289 g/mol. The van der Waals surface area contributed by atoms with Gasteiger partial charge >= 0.3 is 6.18 Å². The molecule has 2 rings (SSSR count). The summed E-state index contributed by atoms with van der Waals surface area (Å²) >= 11 is 0. The summed E-state index contributed by atoms with van der Waals surface area (Å²) in [4.78, 5) is 9.58. The summed E-state index contributed by atoms with van der Waals surface area (Å²) in [7, 11) is 0. The molecule has 21 heavy (non-hydrogen) atoms. The van der Waals surface area contributed by atoms with Crippen molar-refractivity contribution in [3.8, 4) is 0 Å². The van der Waals surface area contributed by atoms with Crippen LogP contribution in [0, 0.1) is 16.0 Å². The van der Waals surface area contributed by atoms with Gasteiger partial charge in [-0.25, -0.2) is 0 Å². The molecule has 1 fully saturated rings. The van der Waals surface area contributed by atoms with Crippen molar-refractivity contribution in [3.63, 3.8) is 0 Å². The number of alkyl halides is 3. The molecule has 0 amide bonds. The minimum absolute atomic E-state index is 0.183. The van der Waals surface area contributed by atoms with Gasteiger partial charge in [-0.3, -0.25) is 10.1 Å². The number of nitrogens with one attached hydrogen (secondary N) is 1. The first-order valence-corrected chi connectivity index (χ1v) is 6.55. The van der Waals surface area contributed by atoms with Gasteiger partial charge in [-0.1, -0.05) is 0 Å². The van der Waals surface area contributed by atoms with Gasteiger partial charge in [0.2, 0.25) is 0 Å². The number of nitrogens with zero attached hydrogens (tertiary/aromatic N) is 1. The molecule has 0 atom stereocenters. The lowest BCUT2D eigenvalue weighted by Gasteiger charge is -2.11. The van der Waals surface area contributed by atoms with Crippen LogP contribution in [0.2, 0.25) is 0 Å². The molecule has 0 bridgehead atoms. The Morgan fingerprint density at radius 3 is 2.67 bits per heavy atom. The molecule has 0 aliphatic heterocycles. The van der Waals surface area contributed by atoms with Crippen LogP contribution in [-0.2, 0) is 10.9 Å². The smallest absolute Gasteiger partial charge is 0.383 e. The Hall–Kier alpha value is -1.83. The van der Waals surface area contributed by atoms with E-state index in [9.17, 15) is 23.3 Å².